The minimum absolute atomic E-state index is 0.0648. The first-order valence-corrected chi connectivity index (χ1v) is 5.87. The highest BCUT2D eigenvalue weighted by Gasteiger charge is 2.18. The van der Waals surface area contributed by atoms with Gasteiger partial charge in [0.2, 0.25) is 0 Å². The minimum atomic E-state index is -0.515. The van der Waals surface area contributed by atoms with Crippen molar-refractivity contribution < 1.29 is 15.1 Å². The van der Waals surface area contributed by atoms with Gasteiger partial charge in [0.1, 0.15) is 5.75 Å². The number of nitrogens with zero attached hydrogens (tertiary/aromatic N) is 2. The summed E-state index contributed by atoms with van der Waals surface area (Å²) in [5, 5.41) is 29.2. The van der Waals surface area contributed by atoms with Crippen molar-refractivity contribution in [3.63, 3.8) is 0 Å². The van der Waals surface area contributed by atoms with Crippen LogP contribution < -0.4 is 0 Å². The van der Waals surface area contributed by atoms with Gasteiger partial charge in [0.25, 0.3) is 5.69 Å². The van der Waals surface area contributed by atoms with Gasteiger partial charge in [-0.3, -0.25) is 10.1 Å². The van der Waals surface area contributed by atoms with Gasteiger partial charge in [-0.2, -0.15) is 0 Å². The van der Waals surface area contributed by atoms with Crippen molar-refractivity contribution in [3.05, 3.63) is 46.6 Å². The number of hydrogen-bond donors (Lipinski definition) is 2. The zero-order valence-corrected chi connectivity index (χ0v) is 10.2. The van der Waals surface area contributed by atoms with Crippen LogP contribution in [0, 0.1) is 10.1 Å². The second kappa shape index (κ2) is 5.53. The summed E-state index contributed by atoms with van der Waals surface area (Å²) in [6.07, 6.45) is 2.38. The molecule has 0 aliphatic rings. The molecule has 0 saturated carbocycles. The summed E-state index contributed by atoms with van der Waals surface area (Å²) < 4.78 is 1.84. The fourth-order valence-electron chi connectivity index (χ4n) is 1.98. The van der Waals surface area contributed by atoms with Crippen LogP contribution in [0.25, 0.3) is 11.3 Å². The maximum absolute atomic E-state index is 11.0. The van der Waals surface area contributed by atoms with Gasteiger partial charge in [0.15, 0.2) is 0 Å². The van der Waals surface area contributed by atoms with Crippen LogP contribution in [-0.2, 0) is 6.54 Å². The highest BCUT2D eigenvalue weighted by molar-refractivity contribution is 5.72. The normalized spacial score (nSPS) is 10.6. The van der Waals surface area contributed by atoms with Crippen LogP contribution in [0.1, 0.15) is 6.42 Å². The molecule has 6 nitrogen and oxygen atoms in total. The molecule has 0 spiro atoms. The molecule has 1 aromatic carbocycles. The van der Waals surface area contributed by atoms with E-state index >= 15 is 0 Å². The molecule has 100 valence electrons. The molecule has 0 radical (unpaired) electrons. The summed E-state index contributed by atoms with van der Waals surface area (Å²) in [6.45, 7) is 0.645. The number of phenolic OH excluding ortho intramolecular Hbond substituents is 1. The molecule has 19 heavy (non-hydrogen) atoms. The fraction of sp³-hybridized carbons (Fsp3) is 0.231. The largest absolute Gasteiger partial charge is 0.508 e. The number of aliphatic hydroxyl groups excluding tert-OH is 1. The first kappa shape index (κ1) is 13.1. The lowest BCUT2D eigenvalue weighted by Gasteiger charge is -2.09. The Morgan fingerprint density at radius 1 is 1.32 bits per heavy atom. The average Bonchev–Trinajstić information content (AvgIpc) is 2.84. The summed E-state index contributed by atoms with van der Waals surface area (Å²) in [5.41, 5.74) is 1.01. The Kier molecular flexibility index (Phi) is 3.82. The molecule has 0 fully saturated rings. The molecule has 0 unspecified atom stereocenters. The highest BCUT2D eigenvalue weighted by atomic mass is 16.6. The number of phenols is 1. The maximum atomic E-state index is 11.0. The van der Waals surface area contributed by atoms with E-state index in [0.717, 1.165) is 6.07 Å². The molecular weight excluding hydrogens is 248 g/mol. The lowest BCUT2D eigenvalue weighted by atomic mass is 10.1. The Labute approximate surface area is 109 Å². The van der Waals surface area contributed by atoms with Gasteiger partial charge in [0, 0.05) is 19.3 Å². The number of nitro benzene ring substituents is 1. The van der Waals surface area contributed by atoms with Crippen LogP contribution in [-0.4, -0.2) is 26.3 Å². The third kappa shape index (κ3) is 2.74. The van der Waals surface area contributed by atoms with Gasteiger partial charge < -0.3 is 14.8 Å². The third-order valence-corrected chi connectivity index (χ3v) is 2.84. The van der Waals surface area contributed by atoms with Crippen LogP contribution in [0.5, 0.6) is 5.75 Å². The first-order valence-electron chi connectivity index (χ1n) is 5.87. The van der Waals surface area contributed by atoms with Crippen LogP contribution in [0.3, 0.4) is 0 Å². The van der Waals surface area contributed by atoms with E-state index in [1.165, 1.54) is 12.1 Å². The van der Waals surface area contributed by atoms with Crippen molar-refractivity contribution in [1.29, 1.82) is 0 Å². The van der Waals surface area contributed by atoms with E-state index in [9.17, 15) is 15.2 Å². The summed E-state index contributed by atoms with van der Waals surface area (Å²) >= 11 is 0. The van der Waals surface area contributed by atoms with Gasteiger partial charge in [-0.25, -0.2) is 0 Å². The van der Waals surface area contributed by atoms with Crippen molar-refractivity contribution >= 4 is 5.69 Å². The summed E-state index contributed by atoms with van der Waals surface area (Å²) in [5.74, 6) is -0.135. The van der Waals surface area contributed by atoms with Crippen LogP contribution in [0.2, 0.25) is 0 Å². The molecule has 1 aromatic heterocycles. The molecule has 0 aliphatic heterocycles. The molecule has 2 rings (SSSR count). The second-order valence-electron chi connectivity index (χ2n) is 4.12. The zero-order chi connectivity index (χ0) is 13.8. The second-order valence-corrected chi connectivity index (χ2v) is 4.12. The van der Waals surface area contributed by atoms with Crippen LogP contribution >= 0.6 is 0 Å². The summed E-state index contributed by atoms with van der Waals surface area (Å²) in [4.78, 5) is 10.5. The molecule has 2 aromatic rings. The van der Waals surface area contributed by atoms with Gasteiger partial charge in [-0.05, 0) is 30.7 Å². The van der Waals surface area contributed by atoms with Crippen LogP contribution in [0.15, 0.2) is 36.5 Å². The molecule has 6 heteroatoms. The molecule has 0 amide bonds. The Hall–Kier alpha value is -2.34. The van der Waals surface area contributed by atoms with Gasteiger partial charge in [-0.15, -0.1) is 0 Å². The Bertz CT molecular complexity index is 592. The Morgan fingerprint density at radius 3 is 2.79 bits per heavy atom. The molecule has 0 saturated heterocycles. The lowest BCUT2D eigenvalue weighted by molar-refractivity contribution is -0.384. The fourth-order valence-corrected chi connectivity index (χ4v) is 1.98. The van der Waals surface area contributed by atoms with E-state index in [2.05, 4.69) is 0 Å². The number of aryl methyl sites for hydroxylation is 1. The Balaban J connectivity index is 2.47. The smallest absolute Gasteiger partial charge is 0.282 e. The average molecular weight is 262 g/mol. The number of rotatable bonds is 5. The molecular formula is C13H14N2O4. The minimum Gasteiger partial charge on any atom is -0.508 e. The van der Waals surface area contributed by atoms with E-state index in [-0.39, 0.29) is 18.0 Å². The van der Waals surface area contributed by atoms with Crippen molar-refractivity contribution in [1.82, 2.24) is 4.57 Å². The quantitative estimate of drug-likeness (QED) is 0.638. The van der Waals surface area contributed by atoms with Gasteiger partial charge in [-0.1, -0.05) is 0 Å². The van der Waals surface area contributed by atoms with Crippen molar-refractivity contribution in [2.24, 2.45) is 0 Å². The van der Waals surface area contributed by atoms with E-state index in [0.29, 0.717) is 24.2 Å². The van der Waals surface area contributed by atoms with Crippen LogP contribution in [0.4, 0.5) is 5.69 Å². The lowest BCUT2D eigenvalue weighted by Crippen LogP contribution is -2.02. The van der Waals surface area contributed by atoms with E-state index in [1.807, 2.05) is 10.8 Å². The highest BCUT2D eigenvalue weighted by Crippen LogP contribution is 2.33. The van der Waals surface area contributed by atoms with E-state index < -0.39 is 4.92 Å². The number of aliphatic hydroxyl groups is 1. The van der Waals surface area contributed by atoms with Gasteiger partial charge >= 0.3 is 0 Å². The number of hydrogen-bond acceptors (Lipinski definition) is 4. The van der Waals surface area contributed by atoms with Crippen molar-refractivity contribution in [2.45, 2.75) is 13.0 Å². The zero-order valence-electron chi connectivity index (χ0n) is 10.2. The monoisotopic (exact) mass is 262 g/mol. The van der Waals surface area contributed by atoms with Crippen molar-refractivity contribution in [3.8, 4) is 17.0 Å². The standard InChI is InChI=1S/C13H14N2O4/c16-8-2-7-14-6-1-3-12(14)11-5-4-10(17)9-13(11)15(18)19/h1,3-6,9,16-17H,2,7-8H2. The summed E-state index contributed by atoms with van der Waals surface area (Å²) in [7, 11) is 0. The van der Waals surface area contributed by atoms with E-state index in [1.54, 1.807) is 12.1 Å². The first-order chi connectivity index (χ1) is 9.13. The summed E-state index contributed by atoms with van der Waals surface area (Å²) in [6, 6.07) is 7.66. The number of nitro groups is 1. The predicted octanol–water partition coefficient (Wildman–Crippen LogP) is 2.15. The SMILES string of the molecule is O=[N+]([O-])c1cc(O)ccc1-c1cccn1CCCO. The topological polar surface area (TPSA) is 88.5 Å². The molecule has 0 aliphatic carbocycles. The third-order valence-electron chi connectivity index (χ3n) is 2.84. The van der Waals surface area contributed by atoms with Crippen molar-refractivity contribution in [2.75, 3.05) is 6.61 Å². The number of benzene rings is 1. The number of aromatic hydroxyl groups is 1. The predicted molar refractivity (Wildman–Crippen MR) is 69.9 cm³/mol. The van der Waals surface area contributed by atoms with E-state index in [4.69, 9.17) is 5.11 Å². The van der Waals surface area contributed by atoms with Gasteiger partial charge in [0.05, 0.1) is 22.2 Å². The maximum Gasteiger partial charge on any atom is 0.282 e. The molecule has 2 N–H and O–H groups in total. The number of aromatic nitrogens is 1. The Morgan fingerprint density at radius 2 is 2.11 bits per heavy atom. The molecule has 1 heterocycles. The molecule has 0 bridgehead atoms. The molecule has 0 atom stereocenters.